The van der Waals surface area contributed by atoms with Crippen molar-refractivity contribution in [1.82, 2.24) is 0 Å². The minimum atomic E-state index is -0.163. The lowest BCUT2D eigenvalue weighted by atomic mass is 9.88. The predicted octanol–water partition coefficient (Wildman–Crippen LogP) is 2.19. The van der Waals surface area contributed by atoms with Gasteiger partial charge in [-0.05, 0) is 19.3 Å². The van der Waals surface area contributed by atoms with E-state index in [0.29, 0.717) is 19.4 Å². The Morgan fingerprint density at radius 3 is 2.50 bits per heavy atom. The van der Waals surface area contributed by atoms with Crippen LogP contribution in [0.1, 0.15) is 40.0 Å². The first kappa shape index (κ1) is 13.1. The van der Waals surface area contributed by atoms with Crippen LogP contribution in [0, 0.1) is 11.8 Å². The molecule has 0 aliphatic carbocycles. The van der Waals surface area contributed by atoms with E-state index in [4.69, 9.17) is 4.74 Å². The van der Waals surface area contributed by atoms with Gasteiger partial charge in [-0.2, -0.15) is 0 Å². The molecule has 0 N–H and O–H groups in total. The van der Waals surface area contributed by atoms with Crippen molar-refractivity contribution in [2.75, 3.05) is 6.61 Å². The fourth-order valence-corrected chi connectivity index (χ4v) is 1.42. The molecule has 2 unspecified atom stereocenters. The van der Waals surface area contributed by atoms with Crippen LogP contribution in [0.3, 0.4) is 0 Å². The van der Waals surface area contributed by atoms with Crippen molar-refractivity contribution >= 4 is 12.3 Å². The first-order chi connectivity index (χ1) is 6.67. The average Bonchev–Trinajstić information content (AvgIpc) is 2.18. The average molecular weight is 200 g/mol. The van der Waals surface area contributed by atoms with Gasteiger partial charge in [-0.1, -0.05) is 20.3 Å². The maximum atomic E-state index is 11.5. The molecule has 3 nitrogen and oxygen atoms in total. The summed E-state index contributed by atoms with van der Waals surface area (Å²) in [5.41, 5.74) is 0. The summed E-state index contributed by atoms with van der Waals surface area (Å²) in [6, 6.07) is 0. The highest BCUT2D eigenvalue weighted by Crippen LogP contribution is 2.21. The van der Waals surface area contributed by atoms with Gasteiger partial charge < -0.3 is 9.53 Å². The molecule has 0 bridgehead atoms. The molecular formula is C11H20O3. The lowest BCUT2D eigenvalue weighted by Gasteiger charge is -2.20. The van der Waals surface area contributed by atoms with E-state index in [-0.39, 0.29) is 17.8 Å². The van der Waals surface area contributed by atoms with Crippen molar-refractivity contribution in [3.8, 4) is 0 Å². The van der Waals surface area contributed by atoms with E-state index in [9.17, 15) is 9.59 Å². The Balaban J connectivity index is 4.21. The summed E-state index contributed by atoms with van der Waals surface area (Å²) in [6.45, 7) is 6.27. The van der Waals surface area contributed by atoms with Gasteiger partial charge in [-0.15, -0.1) is 0 Å². The summed E-state index contributed by atoms with van der Waals surface area (Å²) in [4.78, 5) is 21.8. The van der Waals surface area contributed by atoms with Crippen LogP contribution in [0.15, 0.2) is 0 Å². The Bertz CT molecular complexity index is 177. The molecule has 0 heterocycles. The first-order valence-corrected chi connectivity index (χ1v) is 5.27. The number of carbonyl (C=O) groups excluding carboxylic acids is 2. The highest BCUT2D eigenvalue weighted by molar-refractivity contribution is 5.73. The van der Waals surface area contributed by atoms with Crippen molar-refractivity contribution in [2.24, 2.45) is 11.8 Å². The highest BCUT2D eigenvalue weighted by Gasteiger charge is 2.24. The lowest BCUT2D eigenvalue weighted by molar-refractivity contribution is -0.150. The number of ether oxygens (including phenoxy) is 1. The highest BCUT2D eigenvalue weighted by atomic mass is 16.5. The summed E-state index contributed by atoms with van der Waals surface area (Å²) in [5, 5.41) is 0. The van der Waals surface area contributed by atoms with Crippen molar-refractivity contribution in [3.63, 3.8) is 0 Å². The van der Waals surface area contributed by atoms with Crippen LogP contribution in [0.5, 0.6) is 0 Å². The molecule has 0 aliphatic heterocycles. The molecule has 0 radical (unpaired) electrons. The topological polar surface area (TPSA) is 43.4 Å². The third kappa shape index (κ3) is 4.40. The Labute approximate surface area is 85.8 Å². The molecule has 82 valence electrons. The summed E-state index contributed by atoms with van der Waals surface area (Å²) in [5.74, 6) is 0.00264. The van der Waals surface area contributed by atoms with E-state index >= 15 is 0 Å². The molecule has 0 spiro atoms. The van der Waals surface area contributed by atoms with E-state index in [1.807, 2.05) is 13.8 Å². The fraction of sp³-hybridized carbons (Fsp3) is 0.818. The molecule has 0 aromatic carbocycles. The van der Waals surface area contributed by atoms with Gasteiger partial charge in [0.05, 0.1) is 12.5 Å². The van der Waals surface area contributed by atoms with Crippen molar-refractivity contribution in [1.29, 1.82) is 0 Å². The monoisotopic (exact) mass is 200 g/mol. The zero-order valence-electron chi connectivity index (χ0n) is 9.29. The van der Waals surface area contributed by atoms with E-state index in [0.717, 1.165) is 12.7 Å². The molecule has 0 saturated heterocycles. The second-order valence-electron chi connectivity index (χ2n) is 3.49. The molecule has 0 aromatic rings. The molecule has 0 fully saturated rings. The number of esters is 1. The second kappa shape index (κ2) is 7.54. The standard InChI is InChI=1S/C11H20O3/c1-4-9(3)10(7-6-8-12)11(13)14-5-2/h8-10H,4-7H2,1-3H3. The first-order valence-electron chi connectivity index (χ1n) is 5.27. The van der Waals surface area contributed by atoms with Gasteiger partial charge in [0.2, 0.25) is 0 Å². The maximum Gasteiger partial charge on any atom is 0.309 e. The molecule has 0 rings (SSSR count). The number of carbonyl (C=O) groups is 2. The third-order valence-electron chi connectivity index (χ3n) is 2.52. The van der Waals surface area contributed by atoms with Crippen LogP contribution < -0.4 is 0 Å². The van der Waals surface area contributed by atoms with Crippen LogP contribution in [-0.4, -0.2) is 18.9 Å². The van der Waals surface area contributed by atoms with Gasteiger partial charge in [0.1, 0.15) is 6.29 Å². The van der Waals surface area contributed by atoms with Crippen molar-refractivity contribution in [3.05, 3.63) is 0 Å². The predicted molar refractivity (Wildman–Crippen MR) is 54.9 cm³/mol. The fourth-order valence-electron chi connectivity index (χ4n) is 1.42. The van der Waals surface area contributed by atoms with E-state index < -0.39 is 0 Å². The zero-order valence-corrected chi connectivity index (χ0v) is 9.29. The number of hydrogen-bond acceptors (Lipinski definition) is 3. The largest absolute Gasteiger partial charge is 0.466 e. The lowest BCUT2D eigenvalue weighted by Crippen LogP contribution is -2.24. The molecular weight excluding hydrogens is 180 g/mol. The van der Waals surface area contributed by atoms with Crippen LogP contribution in [0.4, 0.5) is 0 Å². The summed E-state index contributed by atoms with van der Waals surface area (Å²) in [7, 11) is 0. The number of aldehydes is 1. The summed E-state index contributed by atoms with van der Waals surface area (Å²) < 4.78 is 4.97. The van der Waals surface area contributed by atoms with Gasteiger partial charge >= 0.3 is 5.97 Å². The maximum absolute atomic E-state index is 11.5. The number of rotatable bonds is 7. The molecule has 3 heteroatoms. The third-order valence-corrected chi connectivity index (χ3v) is 2.52. The van der Waals surface area contributed by atoms with Crippen molar-refractivity contribution in [2.45, 2.75) is 40.0 Å². The molecule has 2 atom stereocenters. The van der Waals surface area contributed by atoms with E-state index in [1.165, 1.54) is 0 Å². The van der Waals surface area contributed by atoms with Gasteiger partial charge in [-0.25, -0.2) is 0 Å². The molecule has 14 heavy (non-hydrogen) atoms. The molecule has 0 aromatic heterocycles. The van der Waals surface area contributed by atoms with Gasteiger partial charge in [0, 0.05) is 6.42 Å². The minimum Gasteiger partial charge on any atom is -0.466 e. The van der Waals surface area contributed by atoms with Crippen LogP contribution in [0.2, 0.25) is 0 Å². The van der Waals surface area contributed by atoms with Crippen LogP contribution >= 0.6 is 0 Å². The second-order valence-corrected chi connectivity index (χ2v) is 3.49. The Kier molecular flexibility index (Phi) is 7.07. The van der Waals surface area contributed by atoms with Crippen molar-refractivity contribution < 1.29 is 14.3 Å². The Morgan fingerprint density at radius 2 is 2.07 bits per heavy atom. The van der Waals surface area contributed by atoms with Crippen LogP contribution in [-0.2, 0) is 14.3 Å². The Morgan fingerprint density at radius 1 is 1.43 bits per heavy atom. The van der Waals surface area contributed by atoms with E-state index in [1.54, 1.807) is 6.92 Å². The minimum absolute atomic E-state index is 0.120. The number of hydrogen-bond donors (Lipinski definition) is 0. The van der Waals surface area contributed by atoms with E-state index in [2.05, 4.69) is 0 Å². The normalized spacial score (nSPS) is 14.5. The van der Waals surface area contributed by atoms with Gasteiger partial charge in [0.25, 0.3) is 0 Å². The van der Waals surface area contributed by atoms with Crippen LogP contribution in [0.25, 0.3) is 0 Å². The smallest absolute Gasteiger partial charge is 0.309 e. The molecule has 0 aliphatic rings. The quantitative estimate of drug-likeness (QED) is 0.467. The summed E-state index contributed by atoms with van der Waals surface area (Å²) >= 11 is 0. The molecule has 0 amide bonds. The SMILES string of the molecule is CCOC(=O)C(CCC=O)C(C)CC. The zero-order chi connectivity index (χ0) is 11.0. The summed E-state index contributed by atoms with van der Waals surface area (Å²) in [6.07, 6.45) is 2.84. The van der Waals surface area contributed by atoms with Gasteiger partial charge in [-0.3, -0.25) is 4.79 Å². The molecule has 0 saturated carbocycles. The van der Waals surface area contributed by atoms with Gasteiger partial charge in [0.15, 0.2) is 0 Å². The Hall–Kier alpha value is -0.860.